The molecule has 0 unspecified atom stereocenters. The fraction of sp³-hybridized carbons (Fsp3) is 0.280. The van der Waals surface area contributed by atoms with Crippen molar-refractivity contribution in [1.82, 2.24) is 14.3 Å². The second-order valence-corrected chi connectivity index (χ2v) is 9.48. The van der Waals surface area contributed by atoms with Crippen molar-refractivity contribution in [1.29, 1.82) is 0 Å². The lowest BCUT2D eigenvalue weighted by molar-refractivity contribution is -0.122. The van der Waals surface area contributed by atoms with Crippen LogP contribution in [-0.4, -0.2) is 65.5 Å². The van der Waals surface area contributed by atoms with Crippen LogP contribution in [0.1, 0.15) is 11.1 Å². The molecular formula is C25H26N4O5S2. The number of rotatable bonds is 10. The highest BCUT2D eigenvalue weighted by Crippen LogP contribution is 2.34. The van der Waals surface area contributed by atoms with Crippen LogP contribution in [0, 0.1) is 0 Å². The van der Waals surface area contributed by atoms with Crippen LogP contribution in [0.3, 0.4) is 0 Å². The molecule has 0 bridgehead atoms. The molecule has 1 aromatic carbocycles. The van der Waals surface area contributed by atoms with Gasteiger partial charge in [-0.05, 0) is 42.3 Å². The molecule has 3 aromatic rings. The normalized spacial score (nSPS) is 14.6. The number of aromatic nitrogens is 2. The third kappa shape index (κ3) is 5.38. The number of amides is 1. The monoisotopic (exact) mass is 526 g/mol. The summed E-state index contributed by atoms with van der Waals surface area (Å²) in [5.74, 6) is 1.41. The lowest BCUT2D eigenvalue weighted by Crippen LogP contribution is -2.30. The highest BCUT2D eigenvalue weighted by Gasteiger charge is 2.32. The van der Waals surface area contributed by atoms with Crippen molar-refractivity contribution in [3.63, 3.8) is 0 Å². The van der Waals surface area contributed by atoms with Crippen LogP contribution in [0.15, 0.2) is 52.3 Å². The van der Waals surface area contributed by atoms with Crippen LogP contribution in [0.25, 0.3) is 11.7 Å². The van der Waals surface area contributed by atoms with Crippen molar-refractivity contribution in [3.8, 4) is 11.5 Å². The molecule has 9 nitrogen and oxygen atoms in total. The van der Waals surface area contributed by atoms with E-state index in [1.54, 1.807) is 50.6 Å². The van der Waals surface area contributed by atoms with Crippen LogP contribution in [0.2, 0.25) is 0 Å². The Morgan fingerprint density at radius 3 is 2.67 bits per heavy atom. The highest BCUT2D eigenvalue weighted by molar-refractivity contribution is 8.26. The molecule has 0 aliphatic carbocycles. The van der Waals surface area contributed by atoms with E-state index >= 15 is 0 Å². The van der Waals surface area contributed by atoms with Gasteiger partial charge in [-0.3, -0.25) is 18.9 Å². The average molecular weight is 527 g/mol. The number of carbonyl (C=O) groups is 1. The Hall–Kier alpha value is -3.41. The third-order valence-corrected chi connectivity index (χ3v) is 6.97. The number of methoxy groups -OCH3 is 3. The van der Waals surface area contributed by atoms with E-state index in [2.05, 4.69) is 10.3 Å². The van der Waals surface area contributed by atoms with Crippen molar-refractivity contribution < 1.29 is 19.0 Å². The third-order valence-electron chi connectivity index (χ3n) is 5.59. The number of hydrogen-bond acceptors (Lipinski definition) is 9. The van der Waals surface area contributed by atoms with E-state index in [-0.39, 0.29) is 17.0 Å². The number of anilines is 1. The van der Waals surface area contributed by atoms with Gasteiger partial charge < -0.3 is 19.5 Å². The van der Waals surface area contributed by atoms with E-state index in [1.807, 2.05) is 24.3 Å². The number of ether oxygens (including phenoxy) is 3. The summed E-state index contributed by atoms with van der Waals surface area (Å²) >= 11 is 6.67. The second-order valence-electron chi connectivity index (χ2n) is 7.80. The Morgan fingerprint density at radius 2 is 1.92 bits per heavy atom. The smallest absolute Gasteiger partial charge is 0.267 e. The number of thiocarbonyl (C=S) groups is 1. The standard InChI is InChI=1S/C25H26N4O5S2/c1-32-13-10-26-22-17(23(30)28-11-5-4-6-21(28)27-22)15-20-24(31)29(25(35)36-20)12-9-16-7-8-18(33-2)19(14-16)34-3/h4-8,11,14-15,26H,9-10,12-13H2,1-3H3/b20-15-. The predicted molar refractivity (Wildman–Crippen MR) is 145 cm³/mol. The highest BCUT2D eigenvalue weighted by atomic mass is 32.2. The molecule has 1 saturated heterocycles. The van der Waals surface area contributed by atoms with E-state index in [9.17, 15) is 9.59 Å². The average Bonchev–Trinajstić information content (AvgIpc) is 3.16. The summed E-state index contributed by atoms with van der Waals surface area (Å²) < 4.78 is 17.6. The molecular weight excluding hydrogens is 500 g/mol. The molecule has 0 spiro atoms. The lowest BCUT2D eigenvalue weighted by atomic mass is 10.1. The van der Waals surface area contributed by atoms with Gasteiger partial charge in [-0.15, -0.1) is 0 Å². The summed E-state index contributed by atoms with van der Waals surface area (Å²) in [6, 6.07) is 11.0. The minimum absolute atomic E-state index is 0.245. The predicted octanol–water partition coefficient (Wildman–Crippen LogP) is 3.21. The molecule has 1 fully saturated rings. The molecule has 2 aromatic heterocycles. The first-order valence-electron chi connectivity index (χ1n) is 11.2. The fourth-order valence-electron chi connectivity index (χ4n) is 3.74. The zero-order chi connectivity index (χ0) is 25.7. The topological polar surface area (TPSA) is 94.4 Å². The summed E-state index contributed by atoms with van der Waals surface area (Å²) in [5.41, 5.74) is 1.49. The molecule has 0 radical (unpaired) electrons. The molecule has 0 atom stereocenters. The Morgan fingerprint density at radius 1 is 1.11 bits per heavy atom. The molecule has 1 aliphatic rings. The van der Waals surface area contributed by atoms with Crippen LogP contribution < -0.4 is 20.3 Å². The van der Waals surface area contributed by atoms with Gasteiger partial charge in [0.1, 0.15) is 15.8 Å². The summed E-state index contributed by atoms with van der Waals surface area (Å²) in [4.78, 5) is 33.0. The summed E-state index contributed by atoms with van der Waals surface area (Å²) in [5, 5.41) is 3.14. The maximum Gasteiger partial charge on any atom is 0.267 e. The number of nitrogens with one attached hydrogen (secondary N) is 1. The molecule has 1 aliphatic heterocycles. The zero-order valence-electron chi connectivity index (χ0n) is 20.1. The van der Waals surface area contributed by atoms with Gasteiger partial charge in [0.25, 0.3) is 11.5 Å². The number of nitrogens with zero attached hydrogens (tertiary/aromatic N) is 3. The van der Waals surface area contributed by atoms with Crippen molar-refractivity contribution >= 4 is 51.7 Å². The van der Waals surface area contributed by atoms with Crippen LogP contribution in [-0.2, 0) is 16.0 Å². The Labute approximate surface area is 218 Å². The molecule has 36 heavy (non-hydrogen) atoms. The van der Waals surface area contributed by atoms with Crippen molar-refractivity contribution in [2.24, 2.45) is 0 Å². The fourth-order valence-corrected chi connectivity index (χ4v) is 5.03. The minimum Gasteiger partial charge on any atom is -0.493 e. The molecule has 3 heterocycles. The van der Waals surface area contributed by atoms with E-state index in [0.717, 1.165) is 5.56 Å². The summed E-state index contributed by atoms with van der Waals surface area (Å²) in [6.07, 6.45) is 3.79. The van der Waals surface area contributed by atoms with E-state index < -0.39 is 0 Å². The maximum absolute atomic E-state index is 13.3. The summed E-state index contributed by atoms with van der Waals surface area (Å²) in [6.45, 7) is 1.29. The minimum atomic E-state index is -0.281. The van der Waals surface area contributed by atoms with Crippen LogP contribution >= 0.6 is 24.0 Å². The first-order chi connectivity index (χ1) is 17.5. The largest absolute Gasteiger partial charge is 0.493 e. The molecule has 0 saturated carbocycles. The van der Waals surface area contributed by atoms with Gasteiger partial charge >= 0.3 is 0 Å². The van der Waals surface area contributed by atoms with Gasteiger partial charge in [0, 0.05) is 26.4 Å². The maximum atomic E-state index is 13.3. The molecule has 4 rings (SSSR count). The van der Waals surface area contributed by atoms with Gasteiger partial charge in [-0.2, -0.15) is 0 Å². The first-order valence-corrected chi connectivity index (χ1v) is 12.4. The van der Waals surface area contributed by atoms with Crippen molar-refractivity contribution in [2.75, 3.05) is 46.3 Å². The SMILES string of the molecule is COCCNc1nc2ccccn2c(=O)c1/C=C1\SC(=S)N(CCc2ccc(OC)c(OC)c2)C1=O. The van der Waals surface area contributed by atoms with Gasteiger partial charge in [0.05, 0.1) is 31.3 Å². The number of carbonyl (C=O) groups excluding carboxylic acids is 1. The number of benzene rings is 1. The molecule has 11 heteroatoms. The Kier molecular flexibility index (Phi) is 8.24. The molecule has 1 N–H and O–H groups in total. The number of hydrogen-bond donors (Lipinski definition) is 1. The van der Waals surface area contributed by atoms with Gasteiger partial charge in [0.15, 0.2) is 11.5 Å². The first kappa shape index (κ1) is 25.7. The van der Waals surface area contributed by atoms with E-state index in [0.29, 0.717) is 58.3 Å². The molecule has 1 amide bonds. The second kappa shape index (κ2) is 11.5. The quantitative estimate of drug-likeness (QED) is 0.243. The number of pyridine rings is 1. The lowest BCUT2D eigenvalue weighted by Gasteiger charge is -2.15. The number of fused-ring (bicyclic) bond motifs is 1. The van der Waals surface area contributed by atoms with Crippen LogP contribution in [0.4, 0.5) is 5.82 Å². The Bertz CT molecular complexity index is 1390. The van der Waals surface area contributed by atoms with Crippen molar-refractivity contribution in [2.45, 2.75) is 6.42 Å². The summed E-state index contributed by atoms with van der Waals surface area (Å²) in [7, 11) is 4.76. The van der Waals surface area contributed by atoms with E-state index in [1.165, 1.54) is 16.2 Å². The van der Waals surface area contributed by atoms with Crippen molar-refractivity contribution in [3.05, 3.63) is 69.0 Å². The molecule has 188 valence electrons. The zero-order valence-corrected chi connectivity index (χ0v) is 21.8. The Balaban J connectivity index is 1.60. The number of thioether (sulfide) groups is 1. The van der Waals surface area contributed by atoms with Crippen LogP contribution in [0.5, 0.6) is 11.5 Å². The van der Waals surface area contributed by atoms with Gasteiger partial charge in [-0.25, -0.2) is 4.98 Å². The van der Waals surface area contributed by atoms with E-state index in [4.69, 9.17) is 26.4 Å². The van der Waals surface area contributed by atoms with Gasteiger partial charge in [-0.1, -0.05) is 36.1 Å². The van der Waals surface area contributed by atoms with Gasteiger partial charge in [0.2, 0.25) is 0 Å².